The van der Waals surface area contributed by atoms with Gasteiger partial charge in [-0.15, -0.1) is 0 Å². The molecule has 2 amide bonds. The number of nitrogens with zero attached hydrogens (tertiary/aromatic N) is 1. The van der Waals surface area contributed by atoms with Gasteiger partial charge in [-0.3, -0.25) is 14.5 Å². The molecule has 1 atom stereocenters. The van der Waals surface area contributed by atoms with E-state index in [0.717, 1.165) is 5.75 Å². The maximum absolute atomic E-state index is 12.3. The molecule has 0 fully saturated rings. The van der Waals surface area contributed by atoms with Crippen molar-refractivity contribution in [2.45, 2.75) is 12.5 Å². The van der Waals surface area contributed by atoms with Gasteiger partial charge in [0.2, 0.25) is 11.8 Å². The van der Waals surface area contributed by atoms with Crippen molar-refractivity contribution in [2.75, 3.05) is 28.8 Å². The smallest absolute Gasteiger partial charge is 0.244 e. The van der Waals surface area contributed by atoms with Crippen LogP contribution >= 0.6 is 11.8 Å². The van der Waals surface area contributed by atoms with Crippen molar-refractivity contribution in [1.29, 1.82) is 0 Å². The van der Waals surface area contributed by atoms with Gasteiger partial charge in [-0.25, -0.2) is 0 Å². The van der Waals surface area contributed by atoms with Gasteiger partial charge in [-0.1, -0.05) is 12.1 Å². The van der Waals surface area contributed by atoms with Crippen molar-refractivity contribution in [3.63, 3.8) is 0 Å². The van der Waals surface area contributed by atoms with Crippen LogP contribution in [0.3, 0.4) is 0 Å². The number of nitrogens with one attached hydrogen (secondary N) is 1. The van der Waals surface area contributed by atoms with E-state index < -0.39 is 6.04 Å². The van der Waals surface area contributed by atoms with Gasteiger partial charge in [0.05, 0.1) is 17.4 Å². The summed E-state index contributed by atoms with van der Waals surface area (Å²) in [4.78, 5) is 25.4. The predicted octanol–water partition coefficient (Wildman–Crippen LogP) is 1.05. The molecule has 5 nitrogen and oxygen atoms in total. The molecule has 0 aromatic heterocycles. The fourth-order valence-electron chi connectivity index (χ4n) is 2.00. The third kappa shape index (κ3) is 3.08. The molecule has 0 saturated carbocycles. The van der Waals surface area contributed by atoms with E-state index in [0.29, 0.717) is 17.8 Å². The minimum absolute atomic E-state index is 0.0306. The average molecular weight is 279 g/mol. The predicted molar refractivity (Wildman–Crippen MR) is 78.4 cm³/mol. The molecule has 0 aliphatic carbocycles. The number of carbonyl (C=O) groups is 2. The number of para-hydroxylation sites is 2. The van der Waals surface area contributed by atoms with Crippen LogP contribution in [0.25, 0.3) is 0 Å². The van der Waals surface area contributed by atoms with Crippen LogP contribution in [0.2, 0.25) is 0 Å². The number of hydrogen-bond acceptors (Lipinski definition) is 4. The van der Waals surface area contributed by atoms with Crippen molar-refractivity contribution in [3.8, 4) is 0 Å². The Kier molecular flexibility index (Phi) is 4.44. The summed E-state index contributed by atoms with van der Waals surface area (Å²) in [6.07, 6.45) is 2.58. The van der Waals surface area contributed by atoms with Crippen LogP contribution in [0.4, 0.5) is 11.4 Å². The van der Waals surface area contributed by atoms with E-state index in [4.69, 9.17) is 5.73 Å². The molecule has 1 aliphatic rings. The first-order valence-corrected chi connectivity index (χ1v) is 7.47. The monoisotopic (exact) mass is 279 g/mol. The van der Waals surface area contributed by atoms with Gasteiger partial charge in [-0.05, 0) is 30.6 Å². The van der Waals surface area contributed by atoms with E-state index in [1.165, 1.54) is 4.90 Å². The number of anilines is 2. The normalized spacial score (nSPS) is 15.7. The van der Waals surface area contributed by atoms with Crippen molar-refractivity contribution in [3.05, 3.63) is 24.3 Å². The van der Waals surface area contributed by atoms with Crippen LogP contribution in [0.1, 0.15) is 6.42 Å². The first-order valence-electron chi connectivity index (χ1n) is 6.08. The summed E-state index contributed by atoms with van der Waals surface area (Å²) in [7, 11) is 0. The third-order valence-electron chi connectivity index (χ3n) is 2.99. The third-order valence-corrected chi connectivity index (χ3v) is 3.63. The Hall–Kier alpha value is -1.53. The summed E-state index contributed by atoms with van der Waals surface area (Å²) in [5, 5.41) is 2.75. The fraction of sp³-hybridized carbons (Fsp3) is 0.385. The lowest BCUT2D eigenvalue weighted by Gasteiger charge is -2.30. The molecule has 0 bridgehead atoms. The van der Waals surface area contributed by atoms with Gasteiger partial charge in [0, 0.05) is 0 Å². The van der Waals surface area contributed by atoms with Crippen molar-refractivity contribution >= 4 is 35.0 Å². The van der Waals surface area contributed by atoms with Crippen LogP contribution in [0, 0.1) is 0 Å². The number of carbonyl (C=O) groups excluding carboxylic acids is 2. The Morgan fingerprint density at radius 1 is 1.53 bits per heavy atom. The Balaban J connectivity index is 2.20. The van der Waals surface area contributed by atoms with Crippen LogP contribution in [0.5, 0.6) is 0 Å². The summed E-state index contributed by atoms with van der Waals surface area (Å²) >= 11 is 1.65. The number of thioether (sulfide) groups is 1. The standard InChI is InChI=1S/C13H17N3O2S/c1-19-7-6-9(14)13(18)16-8-12(17)15-10-4-2-3-5-11(10)16/h2-5,9H,6-8,14H2,1H3,(H,15,17)/t9-/m1/s1. The second-order valence-electron chi connectivity index (χ2n) is 4.38. The van der Waals surface area contributed by atoms with Gasteiger partial charge < -0.3 is 11.1 Å². The molecule has 0 spiro atoms. The van der Waals surface area contributed by atoms with Gasteiger partial charge in [-0.2, -0.15) is 11.8 Å². The van der Waals surface area contributed by atoms with Crippen LogP contribution in [-0.4, -0.2) is 36.4 Å². The fourth-order valence-corrected chi connectivity index (χ4v) is 2.49. The van der Waals surface area contributed by atoms with E-state index in [1.54, 1.807) is 17.8 Å². The lowest BCUT2D eigenvalue weighted by atomic mass is 10.1. The zero-order valence-electron chi connectivity index (χ0n) is 10.8. The molecular weight excluding hydrogens is 262 g/mol. The number of nitrogens with two attached hydrogens (primary N) is 1. The summed E-state index contributed by atoms with van der Waals surface area (Å²) in [6, 6.07) is 6.69. The number of hydrogen-bond donors (Lipinski definition) is 2. The van der Waals surface area contributed by atoms with Crippen molar-refractivity contribution < 1.29 is 9.59 Å². The second kappa shape index (κ2) is 6.08. The van der Waals surface area contributed by atoms with Gasteiger partial charge >= 0.3 is 0 Å². The molecule has 3 N–H and O–H groups in total. The average Bonchev–Trinajstić information content (AvgIpc) is 2.42. The molecule has 1 aromatic rings. The first kappa shape index (κ1) is 13.9. The lowest BCUT2D eigenvalue weighted by molar-refractivity contribution is -0.122. The van der Waals surface area contributed by atoms with E-state index >= 15 is 0 Å². The Labute approximate surface area is 116 Å². The molecule has 0 unspecified atom stereocenters. The minimum atomic E-state index is -0.564. The summed E-state index contributed by atoms with van der Waals surface area (Å²) in [5.74, 6) is 0.440. The molecule has 0 radical (unpaired) electrons. The molecule has 0 saturated heterocycles. The topological polar surface area (TPSA) is 75.4 Å². The quantitative estimate of drug-likeness (QED) is 0.864. The molecule has 1 aromatic carbocycles. The highest BCUT2D eigenvalue weighted by molar-refractivity contribution is 7.98. The summed E-state index contributed by atoms with van der Waals surface area (Å²) in [5.41, 5.74) is 7.27. The molecule has 1 heterocycles. The lowest BCUT2D eigenvalue weighted by Crippen LogP contribution is -2.49. The Morgan fingerprint density at radius 2 is 2.26 bits per heavy atom. The maximum atomic E-state index is 12.3. The first-order chi connectivity index (χ1) is 9.13. The van der Waals surface area contributed by atoms with Gasteiger partial charge in [0.25, 0.3) is 0 Å². The maximum Gasteiger partial charge on any atom is 0.244 e. The Morgan fingerprint density at radius 3 is 3.00 bits per heavy atom. The van der Waals surface area contributed by atoms with Crippen LogP contribution in [-0.2, 0) is 9.59 Å². The molecule has 6 heteroatoms. The summed E-state index contributed by atoms with van der Waals surface area (Å²) < 4.78 is 0. The molecule has 2 rings (SSSR count). The Bertz CT molecular complexity index is 493. The van der Waals surface area contributed by atoms with Crippen LogP contribution < -0.4 is 16.0 Å². The van der Waals surface area contributed by atoms with E-state index in [-0.39, 0.29) is 18.4 Å². The second-order valence-corrected chi connectivity index (χ2v) is 5.36. The highest BCUT2D eigenvalue weighted by Gasteiger charge is 2.29. The molecular formula is C13H17N3O2S. The van der Waals surface area contributed by atoms with Gasteiger partial charge in [0.1, 0.15) is 6.54 Å². The zero-order chi connectivity index (χ0) is 13.8. The molecule has 1 aliphatic heterocycles. The van der Waals surface area contributed by atoms with E-state index in [1.807, 2.05) is 24.5 Å². The SMILES string of the molecule is CSCC[C@@H](N)C(=O)N1CC(=O)Nc2ccccc21. The van der Waals surface area contributed by atoms with E-state index in [9.17, 15) is 9.59 Å². The number of rotatable bonds is 4. The number of amides is 2. The summed E-state index contributed by atoms with van der Waals surface area (Å²) in [6.45, 7) is 0.0306. The van der Waals surface area contributed by atoms with Gasteiger partial charge in [0.15, 0.2) is 0 Å². The molecule has 19 heavy (non-hydrogen) atoms. The molecule has 102 valence electrons. The zero-order valence-corrected chi connectivity index (χ0v) is 11.6. The largest absolute Gasteiger partial charge is 0.323 e. The number of benzene rings is 1. The van der Waals surface area contributed by atoms with Crippen molar-refractivity contribution in [1.82, 2.24) is 0 Å². The number of fused-ring (bicyclic) bond motifs is 1. The highest BCUT2D eigenvalue weighted by Crippen LogP contribution is 2.29. The van der Waals surface area contributed by atoms with Crippen LogP contribution in [0.15, 0.2) is 24.3 Å². The van der Waals surface area contributed by atoms with E-state index in [2.05, 4.69) is 5.32 Å². The minimum Gasteiger partial charge on any atom is -0.323 e. The highest BCUT2D eigenvalue weighted by atomic mass is 32.2. The van der Waals surface area contributed by atoms with Crippen molar-refractivity contribution in [2.24, 2.45) is 5.73 Å².